The standard InChI is InChI=1S/C24H22ClN3O3/c1-4-31-21-11-9-19(10-12-21)27-15(2)13-17(16(27)3)14-22-23(29)28(24(30)26-22)20-7-5-18(25)6-8-20/h5-14H,4H2,1-3H3,(H,26,30)/b22-14+. The van der Waals surface area contributed by atoms with Crippen LogP contribution in [0.25, 0.3) is 11.8 Å². The third-order valence-corrected chi connectivity index (χ3v) is 5.39. The molecule has 0 saturated carbocycles. The van der Waals surface area contributed by atoms with E-state index in [1.54, 1.807) is 30.3 Å². The zero-order chi connectivity index (χ0) is 22.1. The number of benzene rings is 2. The highest BCUT2D eigenvalue weighted by Gasteiger charge is 2.35. The zero-order valence-corrected chi connectivity index (χ0v) is 18.2. The molecule has 6 nitrogen and oxygen atoms in total. The summed E-state index contributed by atoms with van der Waals surface area (Å²) in [7, 11) is 0. The molecule has 1 aliphatic heterocycles. The fourth-order valence-corrected chi connectivity index (χ4v) is 3.83. The van der Waals surface area contributed by atoms with E-state index in [4.69, 9.17) is 16.3 Å². The van der Waals surface area contributed by atoms with E-state index >= 15 is 0 Å². The van der Waals surface area contributed by atoms with Crippen molar-refractivity contribution >= 4 is 35.3 Å². The van der Waals surface area contributed by atoms with E-state index in [2.05, 4.69) is 9.88 Å². The van der Waals surface area contributed by atoms with E-state index in [0.29, 0.717) is 17.3 Å². The second-order valence-corrected chi connectivity index (χ2v) is 7.63. The SMILES string of the molecule is CCOc1ccc(-n2c(C)cc(/C=C3/NC(=O)N(c4ccc(Cl)cc4)C3=O)c2C)cc1. The van der Waals surface area contributed by atoms with Crippen molar-refractivity contribution in [3.05, 3.63) is 82.3 Å². The Morgan fingerprint density at radius 3 is 2.29 bits per heavy atom. The maximum Gasteiger partial charge on any atom is 0.333 e. The van der Waals surface area contributed by atoms with Crippen LogP contribution in [-0.4, -0.2) is 23.1 Å². The van der Waals surface area contributed by atoms with Gasteiger partial charge in [-0.25, -0.2) is 9.69 Å². The van der Waals surface area contributed by atoms with Crippen molar-refractivity contribution in [2.75, 3.05) is 11.5 Å². The molecule has 0 aliphatic carbocycles. The van der Waals surface area contributed by atoms with Crippen molar-refractivity contribution in [2.24, 2.45) is 0 Å². The Balaban J connectivity index is 1.65. The average molecular weight is 436 g/mol. The molecule has 1 aliphatic rings. The van der Waals surface area contributed by atoms with Crippen molar-refractivity contribution in [1.82, 2.24) is 9.88 Å². The Kier molecular flexibility index (Phi) is 5.57. The molecule has 4 rings (SSSR count). The predicted molar refractivity (Wildman–Crippen MR) is 122 cm³/mol. The van der Waals surface area contributed by atoms with E-state index in [9.17, 15) is 9.59 Å². The number of carbonyl (C=O) groups excluding carboxylic acids is 2. The summed E-state index contributed by atoms with van der Waals surface area (Å²) in [5.41, 5.74) is 4.52. The first kappa shape index (κ1) is 20.8. The summed E-state index contributed by atoms with van der Waals surface area (Å²) in [6.45, 7) is 6.55. The van der Waals surface area contributed by atoms with Crippen LogP contribution in [0, 0.1) is 13.8 Å². The van der Waals surface area contributed by atoms with Crippen molar-refractivity contribution in [2.45, 2.75) is 20.8 Å². The van der Waals surface area contributed by atoms with Gasteiger partial charge in [0, 0.05) is 22.1 Å². The number of anilines is 1. The molecule has 1 saturated heterocycles. The average Bonchev–Trinajstić information content (AvgIpc) is 3.18. The third-order valence-electron chi connectivity index (χ3n) is 5.14. The van der Waals surface area contributed by atoms with Crippen molar-refractivity contribution in [3.63, 3.8) is 0 Å². The molecule has 0 unspecified atom stereocenters. The molecule has 1 aromatic heterocycles. The molecule has 7 heteroatoms. The highest BCUT2D eigenvalue weighted by atomic mass is 35.5. The molecule has 3 amide bonds. The number of urea groups is 1. The molecule has 31 heavy (non-hydrogen) atoms. The number of amides is 3. The lowest BCUT2D eigenvalue weighted by molar-refractivity contribution is -0.113. The quantitative estimate of drug-likeness (QED) is 0.440. The molecule has 3 aromatic rings. The number of nitrogens with zero attached hydrogens (tertiary/aromatic N) is 2. The van der Waals surface area contributed by atoms with Crippen LogP contribution in [0.5, 0.6) is 5.75 Å². The lowest BCUT2D eigenvalue weighted by Crippen LogP contribution is -2.30. The van der Waals surface area contributed by atoms with E-state index in [0.717, 1.165) is 33.3 Å². The summed E-state index contributed by atoms with van der Waals surface area (Å²) in [4.78, 5) is 26.4. The van der Waals surface area contributed by atoms with Gasteiger partial charge in [0.1, 0.15) is 11.4 Å². The van der Waals surface area contributed by atoms with Gasteiger partial charge in [0.15, 0.2) is 0 Å². The lowest BCUT2D eigenvalue weighted by Gasteiger charge is -2.11. The maximum atomic E-state index is 12.9. The van der Waals surface area contributed by atoms with Gasteiger partial charge in [-0.05, 0) is 87.0 Å². The Morgan fingerprint density at radius 1 is 1.00 bits per heavy atom. The number of hydrogen-bond acceptors (Lipinski definition) is 3. The highest BCUT2D eigenvalue weighted by molar-refractivity contribution is 6.31. The van der Waals surface area contributed by atoms with Crippen molar-refractivity contribution < 1.29 is 14.3 Å². The number of halogens is 1. The summed E-state index contributed by atoms with van der Waals surface area (Å²) in [6.07, 6.45) is 1.71. The summed E-state index contributed by atoms with van der Waals surface area (Å²) in [5, 5.41) is 3.21. The second kappa shape index (κ2) is 8.32. The van der Waals surface area contributed by atoms with Gasteiger partial charge in [0.25, 0.3) is 5.91 Å². The Bertz CT molecular complexity index is 1180. The Labute approximate surface area is 185 Å². The molecular formula is C24H22ClN3O3. The van der Waals surface area contributed by atoms with Gasteiger partial charge in [-0.3, -0.25) is 4.79 Å². The largest absolute Gasteiger partial charge is 0.494 e. The molecule has 158 valence electrons. The normalized spacial score (nSPS) is 15.0. The summed E-state index contributed by atoms with van der Waals surface area (Å²) in [6, 6.07) is 15.9. The van der Waals surface area contributed by atoms with Gasteiger partial charge in [0.2, 0.25) is 0 Å². The predicted octanol–water partition coefficient (Wildman–Crippen LogP) is 5.24. The first-order valence-corrected chi connectivity index (χ1v) is 10.3. The molecule has 2 aromatic carbocycles. The minimum absolute atomic E-state index is 0.229. The van der Waals surface area contributed by atoms with Crippen molar-refractivity contribution in [3.8, 4) is 11.4 Å². The third kappa shape index (κ3) is 3.94. The maximum absolute atomic E-state index is 12.9. The first-order chi connectivity index (χ1) is 14.9. The number of imide groups is 1. The molecule has 2 heterocycles. The number of aromatic nitrogens is 1. The van der Waals surface area contributed by atoms with Crippen molar-refractivity contribution in [1.29, 1.82) is 0 Å². The number of hydrogen-bond donors (Lipinski definition) is 1. The van der Waals surface area contributed by atoms with Gasteiger partial charge in [0.05, 0.1) is 12.3 Å². The van der Waals surface area contributed by atoms with E-state index in [1.165, 1.54) is 0 Å². The molecule has 0 atom stereocenters. The molecular weight excluding hydrogens is 414 g/mol. The number of ether oxygens (including phenoxy) is 1. The minimum atomic E-state index is -0.487. The monoisotopic (exact) mass is 435 g/mol. The van der Waals surface area contributed by atoms with Gasteiger partial charge >= 0.3 is 6.03 Å². The highest BCUT2D eigenvalue weighted by Crippen LogP contribution is 2.27. The van der Waals surface area contributed by atoms with E-state index in [1.807, 2.05) is 51.1 Å². The van der Waals surface area contributed by atoms with Crippen LogP contribution in [0.3, 0.4) is 0 Å². The fourth-order valence-electron chi connectivity index (χ4n) is 3.70. The number of aryl methyl sites for hydroxylation is 1. The van der Waals surface area contributed by atoms with Gasteiger partial charge in [-0.2, -0.15) is 0 Å². The number of rotatable bonds is 5. The van der Waals surface area contributed by atoms with Crippen LogP contribution in [0.15, 0.2) is 60.3 Å². The Morgan fingerprint density at radius 2 is 1.65 bits per heavy atom. The molecule has 0 spiro atoms. The summed E-state index contributed by atoms with van der Waals surface area (Å²) >= 11 is 5.91. The lowest BCUT2D eigenvalue weighted by atomic mass is 10.2. The molecule has 0 radical (unpaired) electrons. The number of nitrogens with one attached hydrogen (secondary N) is 1. The van der Waals surface area contributed by atoms with Gasteiger partial charge < -0.3 is 14.6 Å². The van der Waals surface area contributed by atoms with Crippen LogP contribution < -0.4 is 15.0 Å². The first-order valence-electron chi connectivity index (χ1n) is 9.94. The van der Waals surface area contributed by atoms with Crippen LogP contribution in [0.1, 0.15) is 23.9 Å². The van der Waals surface area contributed by atoms with E-state index in [-0.39, 0.29) is 5.70 Å². The fraction of sp³-hybridized carbons (Fsp3) is 0.167. The van der Waals surface area contributed by atoms with Crippen LogP contribution in [0.4, 0.5) is 10.5 Å². The van der Waals surface area contributed by atoms with Crippen LogP contribution in [0.2, 0.25) is 5.02 Å². The number of carbonyl (C=O) groups is 2. The smallest absolute Gasteiger partial charge is 0.333 e. The minimum Gasteiger partial charge on any atom is -0.494 e. The molecule has 1 fully saturated rings. The molecule has 0 bridgehead atoms. The van der Waals surface area contributed by atoms with E-state index < -0.39 is 11.9 Å². The zero-order valence-electron chi connectivity index (χ0n) is 17.5. The Hall–Kier alpha value is -3.51. The van der Waals surface area contributed by atoms with Crippen LogP contribution in [-0.2, 0) is 4.79 Å². The topological polar surface area (TPSA) is 63.6 Å². The summed E-state index contributed by atoms with van der Waals surface area (Å²) in [5.74, 6) is 0.413. The van der Waals surface area contributed by atoms with Gasteiger partial charge in [-0.1, -0.05) is 11.6 Å². The molecule has 1 N–H and O–H groups in total. The van der Waals surface area contributed by atoms with Gasteiger partial charge in [-0.15, -0.1) is 0 Å². The summed E-state index contributed by atoms with van der Waals surface area (Å²) < 4.78 is 7.62. The van der Waals surface area contributed by atoms with Crippen LogP contribution >= 0.6 is 11.6 Å². The second-order valence-electron chi connectivity index (χ2n) is 7.19.